The van der Waals surface area contributed by atoms with E-state index >= 15 is 0 Å². The van der Waals surface area contributed by atoms with Gasteiger partial charge in [-0.3, -0.25) is 0 Å². The Hall–Kier alpha value is -0.120. The molecule has 0 saturated heterocycles. The van der Waals surface area contributed by atoms with E-state index in [-0.39, 0.29) is 0 Å². The number of rotatable bonds is 12. The van der Waals surface area contributed by atoms with E-state index in [1.54, 1.807) is 0 Å². The molecule has 0 rings (SSSR count). The molecule has 0 bridgehead atoms. The summed E-state index contributed by atoms with van der Waals surface area (Å²) >= 11 is 0. The second-order valence-electron chi connectivity index (χ2n) is 3.68. The van der Waals surface area contributed by atoms with Crippen LogP contribution in [0, 0.1) is 0 Å². The van der Waals surface area contributed by atoms with Crippen LogP contribution in [0.4, 0.5) is 0 Å². The molecule has 0 aliphatic carbocycles. The van der Waals surface area contributed by atoms with Crippen LogP contribution in [0.5, 0.6) is 0 Å². The maximum atomic E-state index is 5.42. The fraction of sp³-hybridized carbons (Fsp3) is 1.00. The Kier molecular flexibility index (Phi) is 13.8. The zero-order chi connectivity index (χ0) is 11.2. The van der Waals surface area contributed by atoms with E-state index < -0.39 is 0 Å². The lowest BCUT2D eigenvalue weighted by Gasteiger charge is -2.06. The number of hydrogen-bond acceptors (Lipinski definition) is 3. The third-order valence-electron chi connectivity index (χ3n) is 2.11. The molecule has 0 aliphatic heterocycles. The van der Waals surface area contributed by atoms with Crippen LogP contribution in [0.1, 0.15) is 39.5 Å². The van der Waals surface area contributed by atoms with E-state index in [0.29, 0.717) is 0 Å². The number of hydrogen-bond donors (Lipinski definition) is 1. The molecule has 0 saturated carbocycles. The number of unbranched alkanes of at least 4 members (excludes halogenated alkanes) is 2. The Labute approximate surface area is 94.5 Å². The van der Waals surface area contributed by atoms with Gasteiger partial charge in [-0.2, -0.15) is 0 Å². The normalized spacial score (nSPS) is 10.8. The highest BCUT2D eigenvalue weighted by atomic mass is 16.5. The van der Waals surface area contributed by atoms with Crippen LogP contribution in [-0.2, 0) is 9.47 Å². The average Bonchev–Trinajstić information content (AvgIpc) is 2.26. The second-order valence-corrected chi connectivity index (χ2v) is 3.68. The van der Waals surface area contributed by atoms with E-state index in [0.717, 1.165) is 39.5 Å². The third-order valence-corrected chi connectivity index (χ3v) is 2.11. The molecule has 0 amide bonds. The van der Waals surface area contributed by atoms with Gasteiger partial charge in [0.15, 0.2) is 0 Å². The molecule has 0 fully saturated rings. The Morgan fingerprint density at radius 1 is 0.733 bits per heavy atom. The van der Waals surface area contributed by atoms with Gasteiger partial charge < -0.3 is 14.8 Å². The van der Waals surface area contributed by atoms with Crippen LogP contribution in [0.2, 0.25) is 0 Å². The first kappa shape index (κ1) is 14.9. The predicted molar refractivity (Wildman–Crippen MR) is 64.3 cm³/mol. The molecule has 0 atom stereocenters. The summed E-state index contributed by atoms with van der Waals surface area (Å²) in [5.74, 6) is 0. The zero-order valence-electron chi connectivity index (χ0n) is 10.4. The molecule has 0 heterocycles. The number of nitrogens with one attached hydrogen (secondary N) is 1. The minimum atomic E-state index is 0.722. The van der Waals surface area contributed by atoms with E-state index in [9.17, 15) is 0 Å². The molecule has 0 aliphatic rings. The van der Waals surface area contributed by atoms with Crippen molar-refractivity contribution in [2.45, 2.75) is 39.5 Å². The predicted octanol–water partition coefficient (Wildman–Crippen LogP) is 2.21. The second kappa shape index (κ2) is 13.9. The maximum absolute atomic E-state index is 5.42. The topological polar surface area (TPSA) is 30.5 Å². The van der Waals surface area contributed by atoms with Gasteiger partial charge >= 0.3 is 0 Å². The molecule has 92 valence electrons. The fourth-order valence-electron chi connectivity index (χ4n) is 1.22. The first-order chi connectivity index (χ1) is 7.41. The lowest BCUT2D eigenvalue weighted by atomic mass is 10.3. The van der Waals surface area contributed by atoms with Crippen molar-refractivity contribution in [3.63, 3.8) is 0 Å². The summed E-state index contributed by atoms with van der Waals surface area (Å²) in [4.78, 5) is 0. The Morgan fingerprint density at radius 3 is 2.13 bits per heavy atom. The molecule has 0 aromatic carbocycles. The smallest absolute Gasteiger partial charge is 0.0701 e. The summed E-state index contributed by atoms with van der Waals surface area (Å²) in [6.07, 6.45) is 4.87. The molecule has 0 unspecified atom stereocenters. The minimum Gasteiger partial charge on any atom is -0.379 e. The van der Waals surface area contributed by atoms with E-state index in [2.05, 4.69) is 19.2 Å². The Balaban J connectivity index is 2.81. The standard InChI is InChI=1S/C12H27NO2/c1-3-5-6-9-14-11-12-15-10-8-13-7-4-2/h13H,3-12H2,1-2H3. The highest BCUT2D eigenvalue weighted by molar-refractivity contribution is 4.43. The summed E-state index contributed by atoms with van der Waals surface area (Å²) in [6, 6.07) is 0. The van der Waals surface area contributed by atoms with Gasteiger partial charge in [-0.05, 0) is 19.4 Å². The Morgan fingerprint density at radius 2 is 1.47 bits per heavy atom. The van der Waals surface area contributed by atoms with Crippen molar-refractivity contribution in [1.82, 2.24) is 5.32 Å². The Bertz CT molecular complexity index is 97.8. The van der Waals surface area contributed by atoms with Gasteiger partial charge in [-0.25, -0.2) is 0 Å². The van der Waals surface area contributed by atoms with Crippen molar-refractivity contribution in [2.75, 3.05) is 39.5 Å². The highest BCUT2D eigenvalue weighted by Gasteiger charge is 1.90. The minimum absolute atomic E-state index is 0.722. The van der Waals surface area contributed by atoms with Crippen molar-refractivity contribution in [2.24, 2.45) is 0 Å². The maximum Gasteiger partial charge on any atom is 0.0701 e. The summed E-state index contributed by atoms with van der Waals surface area (Å²) < 4.78 is 10.8. The van der Waals surface area contributed by atoms with Crippen LogP contribution in [0.3, 0.4) is 0 Å². The molecule has 0 radical (unpaired) electrons. The molecule has 1 N–H and O–H groups in total. The fourth-order valence-corrected chi connectivity index (χ4v) is 1.22. The summed E-state index contributed by atoms with van der Waals surface area (Å²) in [5.41, 5.74) is 0. The largest absolute Gasteiger partial charge is 0.379 e. The van der Waals surface area contributed by atoms with Crippen LogP contribution in [-0.4, -0.2) is 39.5 Å². The van der Waals surface area contributed by atoms with Gasteiger partial charge in [-0.1, -0.05) is 26.7 Å². The van der Waals surface area contributed by atoms with E-state index in [4.69, 9.17) is 9.47 Å². The molecule has 15 heavy (non-hydrogen) atoms. The van der Waals surface area contributed by atoms with Crippen molar-refractivity contribution in [3.8, 4) is 0 Å². The van der Waals surface area contributed by atoms with Crippen LogP contribution in [0.15, 0.2) is 0 Å². The molecular weight excluding hydrogens is 190 g/mol. The number of ether oxygens (including phenoxy) is 2. The quantitative estimate of drug-likeness (QED) is 0.508. The van der Waals surface area contributed by atoms with Crippen molar-refractivity contribution in [3.05, 3.63) is 0 Å². The zero-order valence-corrected chi connectivity index (χ0v) is 10.4. The summed E-state index contributed by atoms with van der Waals surface area (Å²) in [5, 5.41) is 3.29. The van der Waals surface area contributed by atoms with Gasteiger partial charge in [-0.15, -0.1) is 0 Å². The first-order valence-electron chi connectivity index (χ1n) is 6.28. The molecule has 0 aromatic rings. The van der Waals surface area contributed by atoms with Crippen LogP contribution < -0.4 is 5.32 Å². The summed E-state index contributed by atoms with van der Waals surface area (Å²) in [7, 11) is 0. The van der Waals surface area contributed by atoms with Crippen LogP contribution >= 0.6 is 0 Å². The van der Waals surface area contributed by atoms with Crippen molar-refractivity contribution >= 4 is 0 Å². The van der Waals surface area contributed by atoms with Gasteiger partial charge in [0.1, 0.15) is 0 Å². The average molecular weight is 217 g/mol. The van der Waals surface area contributed by atoms with Crippen molar-refractivity contribution < 1.29 is 9.47 Å². The van der Waals surface area contributed by atoms with Gasteiger partial charge in [0.05, 0.1) is 19.8 Å². The first-order valence-corrected chi connectivity index (χ1v) is 6.28. The molecular formula is C12H27NO2. The lowest BCUT2D eigenvalue weighted by Crippen LogP contribution is -2.21. The highest BCUT2D eigenvalue weighted by Crippen LogP contribution is 1.93. The van der Waals surface area contributed by atoms with E-state index in [1.807, 2.05) is 0 Å². The SMILES string of the molecule is CCCCCOCCOCCNCCC. The third kappa shape index (κ3) is 13.9. The van der Waals surface area contributed by atoms with Crippen LogP contribution in [0.25, 0.3) is 0 Å². The van der Waals surface area contributed by atoms with Gasteiger partial charge in [0.2, 0.25) is 0 Å². The van der Waals surface area contributed by atoms with Gasteiger partial charge in [0.25, 0.3) is 0 Å². The van der Waals surface area contributed by atoms with E-state index in [1.165, 1.54) is 25.7 Å². The molecule has 3 nitrogen and oxygen atoms in total. The van der Waals surface area contributed by atoms with Crippen molar-refractivity contribution in [1.29, 1.82) is 0 Å². The molecule has 0 spiro atoms. The monoisotopic (exact) mass is 217 g/mol. The lowest BCUT2D eigenvalue weighted by molar-refractivity contribution is 0.0475. The molecule has 0 aromatic heterocycles. The molecule has 3 heteroatoms. The summed E-state index contributed by atoms with van der Waals surface area (Å²) in [6.45, 7) is 9.52. The van der Waals surface area contributed by atoms with Gasteiger partial charge in [0, 0.05) is 13.2 Å².